The molecule has 1 aromatic carbocycles. The van der Waals surface area contributed by atoms with Gasteiger partial charge in [0.2, 0.25) is 0 Å². The molecule has 0 radical (unpaired) electrons. The van der Waals surface area contributed by atoms with Crippen LogP contribution in [0.4, 0.5) is 16.2 Å². The predicted octanol–water partition coefficient (Wildman–Crippen LogP) is 2.47. The van der Waals surface area contributed by atoms with Gasteiger partial charge in [-0.15, -0.1) is 0 Å². The number of hydrogen-bond donors (Lipinski definition) is 2. The van der Waals surface area contributed by atoms with E-state index in [9.17, 15) is 9.59 Å². The summed E-state index contributed by atoms with van der Waals surface area (Å²) in [4.78, 5) is 26.5. The molecule has 2 N–H and O–H groups in total. The SMILES string of the molecule is CCN(C(=O)Nc1cccc(N(C)C)c1)C(C)CC(=O)O. The Morgan fingerprint density at radius 1 is 1.33 bits per heavy atom. The standard InChI is InChI=1S/C15H23N3O3/c1-5-18(11(2)9-14(19)20)15(21)16-12-7-6-8-13(10-12)17(3)4/h6-8,10-11H,5,9H2,1-4H3,(H,16,21)(H,19,20). The van der Waals surface area contributed by atoms with Crippen molar-refractivity contribution in [1.82, 2.24) is 4.90 Å². The highest BCUT2D eigenvalue weighted by Gasteiger charge is 2.20. The lowest BCUT2D eigenvalue weighted by Crippen LogP contribution is -2.42. The number of anilines is 2. The minimum absolute atomic E-state index is 0.0704. The number of benzene rings is 1. The van der Waals surface area contributed by atoms with Crippen LogP contribution < -0.4 is 10.2 Å². The minimum Gasteiger partial charge on any atom is -0.481 e. The Balaban J connectivity index is 2.78. The Hall–Kier alpha value is -2.24. The van der Waals surface area contributed by atoms with Crippen LogP contribution in [0, 0.1) is 0 Å². The molecule has 2 amide bonds. The Kier molecular flexibility index (Phi) is 6.02. The maximum absolute atomic E-state index is 12.3. The van der Waals surface area contributed by atoms with E-state index < -0.39 is 5.97 Å². The van der Waals surface area contributed by atoms with Gasteiger partial charge in [-0.05, 0) is 32.0 Å². The maximum Gasteiger partial charge on any atom is 0.322 e. The molecule has 0 bridgehead atoms. The number of carboxylic acid groups (broad SMARTS) is 1. The van der Waals surface area contributed by atoms with E-state index in [1.54, 1.807) is 13.0 Å². The van der Waals surface area contributed by atoms with Gasteiger partial charge in [-0.1, -0.05) is 6.07 Å². The first-order valence-corrected chi connectivity index (χ1v) is 6.92. The van der Waals surface area contributed by atoms with Crippen molar-refractivity contribution >= 4 is 23.4 Å². The van der Waals surface area contributed by atoms with Gasteiger partial charge < -0.3 is 20.2 Å². The number of carbonyl (C=O) groups excluding carboxylic acids is 1. The summed E-state index contributed by atoms with van der Waals surface area (Å²) >= 11 is 0. The summed E-state index contributed by atoms with van der Waals surface area (Å²) in [5.74, 6) is -0.914. The third-order valence-corrected chi connectivity index (χ3v) is 3.22. The molecule has 0 fully saturated rings. The van der Waals surface area contributed by atoms with Crippen molar-refractivity contribution in [3.05, 3.63) is 24.3 Å². The number of amides is 2. The summed E-state index contributed by atoms with van der Waals surface area (Å²) in [5.41, 5.74) is 1.67. The average Bonchev–Trinajstić information content (AvgIpc) is 2.38. The molecular weight excluding hydrogens is 270 g/mol. The zero-order valence-corrected chi connectivity index (χ0v) is 13.0. The van der Waals surface area contributed by atoms with Crippen LogP contribution in [0.15, 0.2) is 24.3 Å². The fraction of sp³-hybridized carbons (Fsp3) is 0.467. The smallest absolute Gasteiger partial charge is 0.322 e. The predicted molar refractivity (Wildman–Crippen MR) is 83.9 cm³/mol. The lowest BCUT2D eigenvalue weighted by atomic mass is 10.2. The zero-order valence-electron chi connectivity index (χ0n) is 13.0. The van der Waals surface area contributed by atoms with Gasteiger partial charge in [-0.25, -0.2) is 4.79 Å². The van der Waals surface area contributed by atoms with Crippen molar-refractivity contribution in [3.8, 4) is 0 Å². The normalized spacial score (nSPS) is 11.6. The number of rotatable bonds is 6. The first-order valence-electron chi connectivity index (χ1n) is 6.92. The number of carbonyl (C=O) groups is 2. The van der Waals surface area contributed by atoms with E-state index in [4.69, 9.17) is 5.11 Å². The molecule has 0 spiro atoms. The molecule has 0 saturated heterocycles. The molecule has 6 heteroatoms. The summed E-state index contributed by atoms with van der Waals surface area (Å²) in [5, 5.41) is 11.6. The molecule has 6 nitrogen and oxygen atoms in total. The van der Waals surface area contributed by atoms with E-state index in [0.717, 1.165) is 5.69 Å². The van der Waals surface area contributed by atoms with Crippen molar-refractivity contribution in [1.29, 1.82) is 0 Å². The molecule has 0 aliphatic rings. The summed E-state index contributed by atoms with van der Waals surface area (Å²) in [6.07, 6.45) is -0.0704. The lowest BCUT2D eigenvalue weighted by Gasteiger charge is -2.27. The third-order valence-electron chi connectivity index (χ3n) is 3.22. The van der Waals surface area contributed by atoms with Crippen molar-refractivity contribution < 1.29 is 14.7 Å². The Bertz CT molecular complexity index is 503. The van der Waals surface area contributed by atoms with E-state index >= 15 is 0 Å². The largest absolute Gasteiger partial charge is 0.481 e. The topological polar surface area (TPSA) is 72.9 Å². The highest BCUT2D eigenvalue weighted by Crippen LogP contribution is 2.18. The average molecular weight is 293 g/mol. The third kappa shape index (κ3) is 4.98. The van der Waals surface area contributed by atoms with Gasteiger partial charge in [0.1, 0.15) is 0 Å². The minimum atomic E-state index is -0.914. The second-order valence-corrected chi connectivity index (χ2v) is 5.11. The lowest BCUT2D eigenvalue weighted by molar-refractivity contribution is -0.137. The highest BCUT2D eigenvalue weighted by atomic mass is 16.4. The maximum atomic E-state index is 12.3. The number of nitrogens with zero attached hydrogens (tertiary/aromatic N) is 2. The van der Waals surface area contributed by atoms with Gasteiger partial charge in [0, 0.05) is 38.1 Å². The van der Waals surface area contributed by atoms with Gasteiger partial charge in [0.15, 0.2) is 0 Å². The molecule has 1 aromatic rings. The summed E-state index contributed by atoms with van der Waals surface area (Å²) in [6, 6.07) is 6.84. The first-order chi connectivity index (χ1) is 9.85. The second-order valence-electron chi connectivity index (χ2n) is 5.11. The van der Waals surface area contributed by atoms with Gasteiger partial charge in [0.05, 0.1) is 6.42 Å². The molecule has 1 rings (SSSR count). The molecule has 0 saturated carbocycles. The molecule has 21 heavy (non-hydrogen) atoms. The van der Waals surface area contributed by atoms with E-state index in [1.165, 1.54) is 4.90 Å². The van der Waals surface area contributed by atoms with Gasteiger partial charge in [-0.3, -0.25) is 4.79 Å². The van der Waals surface area contributed by atoms with Crippen LogP contribution in [-0.2, 0) is 4.79 Å². The van der Waals surface area contributed by atoms with Crippen molar-refractivity contribution in [2.75, 3.05) is 30.9 Å². The number of hydrogen-bond acceptors (Lipinski definition) is 3. The van der Waals surface area contributed by atoms with Crippen molar-refractivity contribution in [2.45, 2.75) is 26.3 Å². The van der Waals surface area contributed by atoms with E-state index in [0.29, 0.717) is 12.2 Å². The van der Waals surface area contributed by atoms with Crippen LogP contribution in [0.5, 0.6) is 0 Å². The number of carboxylic acids is 1. The molecule has 0 aromatic heterocycles. The zero-order chi connectivity index (χ0) is 16.0. The van der Waals surface area contributed by atoms with E-state index in [2.05, 4.69) is 5.32 Å². The Labute approximate surface area is 125 Å². The van der Waals surface area contributed by atoms with Crippen LogP contribution in [0.2, 0.25) is 0 Å². The molecule has 0 aliphatic heterocycles. The fourth-order valence-corrected chi connectivity index (χ4v) is 2.08. The molecule has 116 valence electrons. The Morgan fingerprint density at radius 2 is 2.00 bits per heavy atom. The Morgan fingerprint density at radius 3 is 2.52 bits per heavy atom. The molecule has 1 atom stereocenters. The highest BCUT2D eigenvalue weighted by molar-refractivity contribution is 5.90. The summed E-state index contributed by atoms with van der Waals surface area (Å²) < 4.78 is 0. The van der Waals surface area contributed by atoms with Gasteiger partial charge >= 0.3 is 12.0 Å². The fourth-order valence-electron chi connectivity index (χ4n) is 2.08. The van der Waals surface area contributed by atoms with Crippen LogP contribution >= 0.6 is 0 Å². The molecule has 0 aliphatic carbocycles. The quantitative estimate of drug-likeness (QED) is 0.845. The first kappa shape index (κ1) is 16.8. The number of aliphatic carboxylic acids is 1. The number of urea groups is 1. The second kappa shape index (κ2) is 7.52. The van der Waals surface area contributed by atoms with E-state index in [1.807, 2.05) is 44.1 Å². The van der Waals surface area contributed by atoms with Crippen LogP contribution in [-0.4, -0.2) is 48.7 Å². The van der Waals surface area contributed by atoms with Crippen LogP contribution in [0.25, 0.3) is 0 Å². The van der Waals surface area contributed by atoms with Gasteiger partial charge in [0.25, 0.3) is 0 Å². The number of nitrogens with one attached hydrogen (secondary N) is 1. The van der Waals surface area contributed by atoms with Crippen molar-refractivity contribution in [2.24, 2.45) is 0 Å². The van der Waals surface area contributed by atoms with Crippen LogP contribution in [0.1, 0.15) is 20.3 Å². The molecule has 0 heterocycles. The summed E-state index contributed by atoms with van der Waals surface area (Å²) in [7, 11) is 3.85. The monoisotopic (exact) mass is 293 g/mol. The van der Waals surface area contributed by atoms with Crippen LogP contribution in [0.3, 0.4) is 0 Å². The van der Waals surface area contributed by atoms with Crippen molar-refractivity contribution in [3.63, 3.8) is 0 Å². The van der Waals surface area contributed by atoms with Gasteiger partial charge in [-0.2, -0.15) is 0 Å². The van der Waals surface area contributed by atoms with E-state index in [-0.39, 0.29) is 18.5 Å². The molecular formula is C15H23N3O3. The molecule has 1 unspecified atom stereocenters. The summed E-state index contributed by atoms with van der Waals surface area (Å²) in [6.45, 7) is 4.01.